The van der Waals surface area contributed by atoms with Gasteiger partial charge >= 0.3 is 41.3 Å². The molecule has 156 valence electrons. The number of rotatable bonds is 2. The van der Waals surface area contributed by atoms with Crippen molar-refractivity contribution in [2.24, 2.45) is 0 Å². The molecule has 31 heavy (non-hydrogen) atoms. The van der Waals surface area contributed by atoms with E-state index in [9.17, 15) is 0 Å². The van der Waals surface area contributed by atoms with E-state index in [4.69, 9.17) is 0 Å². The summed E-state index contributed by atoms with van der Waals surface area (Å²) in [7, 11) is 0. The summed E-state index contributed by atoms with van der Waals surface area (Å²) in [4.78, 5) is 0. The Bertz CT molecular complexity index is 1240. The van der Waals surface area contributed by atoms with Gasteiger partial charge in [-0.25, -0.2) is 0 Å². The molecule has 1 aliphatic carbocycles. The minimum absolute atomic E-state index is 0. The fraction of sp³-hybridized carbons (Fsp3) is 0.143. The summed E-state index contributed by atoms with van der Waals surface area (Å²) in [6.45, 7) is 6.50. The second-order valence-electron chi connectivity index (χ2n) is 7.89. The predicted octanol–water partition coefficient (Wildman–Crippen LogP) is 1.59. The Morgan fingerprint density at radius 1 is 0.806 bits per heavy atom. The Hall–Kier alpha value is -1.66. The zero-order chi connectivity index (χ0) is 20.4. The van der Waals surface area contributed by atoms with Crippen LogP contribution in [0.4, 0.5) is 0 Å². The fourth-order valence-corrected chi connectivity index (χ4v) is 4.11. The van der Waals surface area contributed by atoms with Crippen molar-refractivity contribution in [2.45, 2.75) is 26.7 Å². The van der Waals surface area contributed by atoms with Crippen LogP contribution < -0.4 is 24.8 Å². The Kier molecular flexibility index (Phi) is 9.32. The van der Waals surface area contributed by atoms with Crippen LogP contribution in [0.15, 0.2) is 96.6 Å². The molecule has 0 radical (unpaired) electrons. The Morgan fingerprint density at radius 3 is 2.13 bits per heavy atom. The van der Waals surface area contributed by atoms with Crippen LogP contribution in [0, 0.1) is 0 Å². The quantitative estimate of drug-likeness (QED) is 0.350. The molecular formula is C28H25Cl2Zr-. The van der Waals surface area contributed by atoms with Gasteiger partial charge in [0.15, 0.2) is 0 Å². The van der Waals surface area contributed by atoms with Gasteiger partial charge in [-0.05, 0) is 24.0 Å². The van der Waals surface area contributed by atoms with Gasteiger partial charge in [-0.15, -0.1) is 33.7 Å². The first kappa shape index (κ1) is 25.6. The van der Waals surface area contributed by atoms with E-state index in [1.165, 1.54) is 47.0 Å². The Morgan fingerprint density at radius 2 is 1.42 bits per heavy atom. The molecule has 0 heterocycles. The molecule has 1 unspecified atom stereocenters. The second-order valence-corrected chi connectivity index (χ2v) is 10.4. The predicted molar refractivity (Wildman–Crippen MR) is 124 cm³/mol. The maximum atomic E-state index is 2.41. The third-order valence-corrected chi connectivity index (χ3v) is 5.35. The average molecular weight is 524 g/mol. The molecule has 0 nitrogen and oxygen atoms in total. The average Bonchev–Trinajstić information content (AvgIpc) is 3.29. The summed E-state index contributed by atoms with van der Waals surface area (Å²) in [5.41, 5.74) is 5.45. The van der Waals surface area contributed by atoms with Gasteiger partial charge in [-0.1, -0.05) is 90.0 Å². The van der Waals surface area contributed by atoms with Crippen molar-refractivity contribution >= 4 is 30.3 Å². The Balaban J connectivity index is 0.000000527. The van der Waals surface area contributed by atoms with Crippen molar-refractivity contribution in [3.8, 4) is 0 Å². The topological polar surface area (TPSA) is 0 Å². The fourth-order valence-electron chi connectivity index (χ4n) is 4.11. The zero-order valence-corrected chi connectivity index (χ0v) is 22.0. The number of hydrogen-bond acceptors (Lipinski definition) is 0. The van der Waals surface area contributed by atoms with Crippen LogP contribution >= 0.6 is 0 Å². The normalized spacial score (nSPS) is 14.7. The molecule has 0 bridgehead atoms. The van der Waals surface area contributed by atoms with Crippen LogP contribution in [0.5, 0.6) is 0 Å². The van der Waals surface area contributed by atoms with E-state index in [2.05, 4.69) is 112 Å². The first-order chi connectivity index (χ1) is 14.0. The molecule has 0 saturated heterocycles. The smallest absolute Gasteiger partial charge is 1.00 e. The van der Waals surface area contributed by atoms with E-state index >= 15 is 0 Å². The van der Waals surface area contributed by atoms with Crippen molar-refractivity contribution in [1.29, 1.82) is 0 Å². The van der Waals surface area contributed by atoms with Crippen molar-refractivity contribution in [1.82, 2.24) is 0 Å². The molecule has 4 aromatic carbocycles. The summed E-state index contributed by atoms with van der Waals surface area (Å²) in [5, 5.41) is 5.43. The van der Waals surface area contributed by atoms with Crippen LogP contribution in [-0.2, 0) is 24.2 Å². The summed E-state index contributed by atoms with van der Waals surface area (Å²) in [6.07, 6.45) is 4.75. The number of halogens is 2. The van der Waals surface area contributed by atoms with Gasteiger partial charge in [0.1, 0.15) is 0 Å². The maximum Gasteiger partial charge on any atom is -1.00 e. The maximum absolute atomic E-state index is 2.41. The molecule has 0 aromatic heterocycles. The number of benzene rings is 3. The standard InChI is InChI=1S/C25H19.C3H6.2ClH.Zr/c1-17-14-20(18-8-3-2-4-9-18)16-24(17)23-13-7-12-22-21-11-6-5-10-19(21)15-25(22)23;1-3-2;;;/h2-16,24H,1H3;1-2H3;2*1H;/q-1;;;;+2/p-2. The molecule has 1 atom stereocenters. The van der Waals surface area contributed by atoms with Gasteiger partial charge in [0.05, 0.1) is 0 Å². The first-order valence-electron chi connectivity index (χ1n) is 10.1. The van der Waals surface area contributed by atoms with Crippen LogP contribution in [0.25, 0.3) is 27.1 Å². The van der Waals surface area contributed by atoms with Gasteiger partial charge in [-0.3, -0.25) is 0 Å². The number of allylic oxidation sites excluding steroid dienone is 4. The van der Waals surface area contributed by atoms with Gasteiger partial charge in [0, 0.05) is 0 Å². The van der Waals surface area contributed by atoms with E-state index in [1.807, 2.05) is 0 Å². The van der Waals surface area contributed by atoms with Gasteiger partial charge in [0.2, 0.25) is 0 Å². The van der Waals surface area contributed by atoms with E-state index in [0.717, 1.165) is 0 Å². The molecule has 0 fully saturated rings. The molecule has 0 N–H and O–H groups in total. The Labute approximate surface area is 212 Å². The monoisotopic (exact) mass is 521 g/mol. The molecular weight excluding hydrogens is 498 g/mol. The number of fused-ring (bicyclic) bond motifs is 3. The SMILES string of the molecule is CC1=CC(c2ccccc2)=CC1c1cccc2c1[cH-]c1ccccc12.C[C](C)=[Zr+2].[Cl-].[Cl-]. The summed E-state index contributed by atoms with van der Waals surface area (Å²) >= 11 is 1.55. The van der Waals surface area contributed by atoms with Crippen molar-refractivity contribution in [3.05, 3.63) is 108 Å². The van der Waals surface area contributed by atoms with Crippen molar-refractivity contribution in [3.63, 3.8) is 0 Å². The van der Waals surface area contributed by atoms with E-state index < -0.39 is 0 Å². The summed E-state index contributed by atoms with van der Waals surface area (Å²) < 4.78 is 1.51. The first-order valence-corrected chi connectivity index (χ1v) is 11.3. The van der Waals surface area contributed by atoms with Crippen molar-refractivity contribution in [2.75, 3.05) is 0 Å². The molecule has 0 amide bonds. The molecule has 0 spiro atoms. The van der Waals surface area contributed by atoms with Crippen LogP contribution in [0.1, 0.15) is 37.8 Å². The van der Waals surface area contributed by atoms with Crippen molar-refractivity contribution < 1.29 is 49.0 Å². The molecule has 1 aliphatic rings. The second kappa shape index (κ2) is 11.3. The van der Waals surface area contributed by atoms with Crippen LogP contribution in [0.3, 0.4) is 0 Å². The van der Waals surface area contributed by atoms with E-state index in [1.54, 1.807) is 24.2 Å². The van der Waals surface area contributed by atoms with E-state index in [0.29, 0.717) is 5.92 Å². The largest absolute Gasteiger partial charge is 1.00 e. The third-order valence-electron chi connectivity index (χ3n) is 5.35. The van der Waals surface area contributed by atoms with Crippen LogP contribution in [-0.4, -0.2) is 3.21 Å². The van der Waals surface area contributed by atoms with E-state index in [-0.39, 0.29) is 24.8 Å². The zero-order valence-electron chi connectivity index (χ0n) is 18.0. The summed E-state index contributed by atoms with van der Waals surface area (Å²) in [6, 6.07) is 28.4. The van der Waals surface area contributed by atoms with Crippen LogP contribution in [0.2, 0.25) is 0 Å². The molecule has 5 rings (SSSR count). The minimum atomic E-state index is 0. The molecule has 4 aromatic rings. The summed E-state index contributed by atoms with van der Waals surface area (Å²) in [5.74, 6) is 0.357. The molecule has 0 saturated carbocycles. The number of hydrogen-bond donors (Lipinski definition) is 0. The van der Waals surface area contributed by atoms with Gasteiger partial charge < -0.3 is 24.8 Å². The minimum Gasteiger partial charge on any atom is -1.00 e. The van der Waals surface area contributed by atoms with Gasteiger partial charge in [0.25, 0.3) is 0 Å². The molecule has 3 heteroatoms. The third kappa shape index (κ3) is 5.59. The van der Waals surface area contributed by atoms with Gasteiger partial charge in [-0.2, -0.15) is 0 Å². The molecule has 0 aliphatic heterocycles.